The number of aromatic nitrogens is 2. The summed E-state index contributed by atoms with van der Waals surface area (Å²) < 4.78 is 44.1. The zero-order valence-corrected chi connectivity index (χ0v) is 19.8. The normalized spacial score (nSPS) is 20.6. The minimum atomic E-state index is -3.92. The lowest BCUT2D eigenvalue weighted by Crippen LogP contribution is -2.55. The van der Waals surface area contributed by atoms with Crippen molar-refractivity contribution in [3.8, 4) is 11.1 Å². The molecule has 0 radical (unpaired) electrons. The molecular weight excluding hydrogens is 493 g/mol. The van der Waals surface area contributed by atoms with E-state index < -0.39 is 34.0 Å². The van der Waals surface area contributed by atoms with Crippen LogP contribution in [0.1, 0.15) is 17.3 Å². The Morgan fingerprint density at radius 3 is 2.91 bits per heavy atom. The van der Waals surface area contributed by atoms with Gasteiger partial charge in [-0.1, -0.05) is 11.6 Å². The topological polar surface area (TPSA) is 117 Å². The molecule has 33 heavy (non-hydrogen) atoms. The highest BCUT2D eigenvalue weighted by atomic mass is 35.5. The van der Waals surface area contributed by atoms with Crippen LogP contribution < -0.4 is 10.0 Å². The number of thiophene rings is 1. The van der Waals surface area contributed by atoms with Crippen LogP contribution in [0.15, 0.2) is 42.0 Å². The quantitative estimate of drug-likeness (QED) is 0.468. The van der Waals surface area contributed by atoms with E-state index in [0.29, 0.717) is 6.54 Å². The fraction of sp³-hybridized carbons (Fsp3) is 0.300. The summed E-state index contributed by atoms with van der Waals surface area (Å²) in [5, 5.41) is 17.6. The molecule has 4 rings (SSSR count). The van der Waals surface area contributed by atoms with E-state index in [-0.39, 0.29) is 23.7 Å². The molecule has 1 amide bonds. The van der Waals surface area contributed by atoms with Gasteiger partial charge < -0.3 is 10.4 Å². The van der Waals surface area contributed by atoms with E-state index in [1.165, 1.54) is 30.5 Å². The predicted molar refractivity (Wildman–Crippen MR) is 124 cm³/mol. The number of benzene rings is 1. The molecule has 1 fully saturated rings. The highest BCUT2D eigenvalue weighted by molar-refractivity contribution is 7.87. The highest BCUT2D eigenvalue weighted by Crippen LogP contribution is 2.35. The average Bonchev–Trinajstić information content (AvgIpc) is 3.42. The number of hydrogen-bond donors (Lipinski definition) is 3. The Balaban J connectivity index is 1.54. The molecule has 1 aliphatic heterocycles. The van der Waals surface area contributed by atoms with Crippen molar-refractivity contribution in [2.75, 3.05) is 19.0 Å². The molecule has 1 aliphatic rings. The maximum Gasteiger partial charge on any atom is 0.280 e. The van der Waals surface area contributed by atoms with Crippen molar-refractivity contribution in [2.24, 2.45) is 0 Å². The average molecular weight is 514 g/mol. The first-order chi connectivity index (χ1) is 15.7. The minimum Gasteiger partial charge on any atom is -0.394 e. The third-order valence-electron chi connectivity index (χ3n) is 5.32. The first kappa shape index (κ1) is 23.8. The Morgan fingerprint density at radius 2 is 2.18 bits per heavy atom. The number of amides is 1. The number of aliphatic hydroxyl groups is 1. The summed E-state index contributed by atoms with van der Waals surface area (Å²) in [6, 6.07) is 4.02. The highest BCUT2D eigenvalue weighted by Gasteiger charge is 2.41. The van der Waals surface area contributed by atoms with E-state index in [1.807, 2.05) is 11.4 Å². The van der Waals surface area contributed by atoms with Gasteiger partial charge in [0.25, 0.3) is 10.2 Å². The molecule has 0 aliphatic carbocycles. The molecule has 1 saturated heterocycles. The van der Waals surface area contributed by atoms with Crippen LogP contribution in [0.5, 0.6) is 0 Å². The molecule has 0 bridgehead atoms. The molecule has 2 aromatic heterocycles. The summed E-state index contributed by atoms with van der Waals surface area (Å²) in [6.45, 7) is 0.350. The summed E-state index contributed by atoms with van der Waals surface area (Å²) in [4.78, 5) is 13.7. The van der Waals surface area contributed by atoms with Crippen LogP contribution >= 0.6 is 22.9 Å². The molecule has 13 heteroatoms. The number of carbonyl (C=O) groups is 1. The van der Waals surface area contributed by atoms with Gasteiger partial charge in [0, 0.05) is 29.4 Å². The number of halogens is 2. The SMILES string of the molecule is CN1[C@@H](C(=O)Nc2ccc(F)c(Cl)c2)C[C@@H](c2cc(-c3cnn(CCO)c3)cs2)NS1(=O)=O. The predicted octanol–water partition coefficient (Wildman–Crippen LogP) is 2.61. The molecule has 3 heterocycles. The van der Waals surface area contributed by atoms with Gasteiger partial charge in [-0.2, -0.15) is 22.5 Å². The van der Waals surface area contributed by atoms with Crippen LogP contribution in [0.3, 0.4) is 0 Å². The van der Waals surface area contributed by atoms with Crippen LogP contribution in [0.25, 0.3) is 11.1 Å². The Morgan fingerprint density at radius 1 is 1.39 bits per heavy atom. The van der Waals surface area contributed by atoms with Gasteiger partial charge in [-0.05, 0) is 41.6 Å². The van der Waals surface area contributed by atoms with Crippen molar-refractivity contribution in [3.63, 3.8) is 0 Å². The molecule has 0 spiro atoms. The Hall–Kier alpha value is -2.35. The summed E-state index contributed by atoms with van der Waals surface area (Å²) in [6.07, 6.45) is 3.66. The third-order valence-corrected chi connectivity index (χ3v) is 8.25. The van der Waals surface area contributed by atoms with Crippen molar-refractivity contribution in [2.45, 2.75) is 25.0 Å². The van der Waals surface area contributed by atoms with E-state index in [4.69, 9.17) is 16.7 Å². The third kappa shape index (κ3) is 5.10. The fourth-order valence-electron chi connectivity index (χ4n) is 3.52. The Bertz CT molecular complexity index is 1280. The molecule has 176 valence electrons. The van der Waals surface area contributed by atoms with Crippen molar-refractivity contribution in [3.05, 3.63) is 57.8 Å². The summed E-state index contributed by atoms with van der Waals surface area (Å²) in [5.41, 5.74) is 1.97. The first-order valence-corrected chi connectivity index (χ1v) is 12.6. The second-order valence-corrected chi connectivity index (χ2v) is 10.6. The number of aliphatic hydroxyl groups excluding tert-OH is 1. The Kier molecular flexibility index (Phi) is 6.84. The number of rotatable bonds is 6. The summed E-state index contributed by atoms with van der Waals surface area (Å²) >= 11 is 7.15. The maximum atomic E-state index is 13.4. The van der Waals surface area contributed by atoms with Gasteiger partial charge in [0.05, 0.1) is 30.4 Å². The number of carbonyl (C=O) groups excluding carboxylic acids is 1. The fourth-order valence-corrected chi connectivity index (χ4v) is 6.02. The second-order valence-electron chi connectivity index (χ2n) is 7.51. The number of nitrogens with zero attached hydrogens (tertiary/aromatic N) is 3. The van der Waals surface area contributed by atoms with E-state index in [1.54, 1.807) is 17.1 Å². The molecule has 2 atom stereocenters. The molecule has 1 aromatic carbocycles. The van der Waals surface area contributed by atoms with Gasteiger partial charge >= 0.3 is 0 Å². The van der Waals surface area contributed by atoms with Gasteiger partial charge in [-0.25, -0.2) is 4.39 Å². The lowest BCUT2D eigenvalue weighted by Gasteiger charge is -2.35. The van der Waals surface area contributed by atoms with Crippen LogP contribution in [0.2, 0.25) is 5.02 Å². The molecular formula is C20H21ClFN5O4S2. The molecule has 3 N–H and O–H groups in total. The standard InChI is InChI=1S/C20H21ClFN5O4S2/c1-26-18(20(29)24-14-2-3-16(22)15(21)7-14)8-17(25-33(26,30)31)19-6-12(11-32-19)13-9-23-27(10-13)4-5-28/h2-3,6-7,9-11,17-18,25,28H,4-5,8H2,1H3,(H,24,29)/t17-,18+/m0/s1. The minimum absolute atomic E-state index is 0.0268. The molecule has 0 unspecified atom stereocenters. The number of anilines is 1. The molecule has 3 aromatic rings. The molecule has 9 nitrogen and oxygen atoms in total. The molecule has 0 saturated carbocycles. The van der Waals surface area contributed by atoms with Crippen LogP contribution in [-0.4, -0.2) is 53.2 Å². The van der Waals surface area contributed by atoms with Gasteiger partial charge in [-0.3, -0.25) is 9.48 Å². The lowest BCUT2D eigenvalue weighted by molar-refractivity contribution is -0.120. The summed E-state index contributed by atoms with van der Waals surface area (Å²) in [7, 11) is -2.59. The van der Waals surface area contributed by atoms with Gasteiger partial charge in [0.15, 0.2) is 0 Å². The zero-order chi connectivity index (χ0) is 23.8. The van der Waals surface area contributed by atoms with Crippen molar-refractivity contribution < 1.29 is 22.7 Å². The Labute approximate surface area is 199 Å². The summed E-state index contributed by atoms with van der Waals surface area (Å²) in [5.74, 6) is -1.16. The zero-order valence-electron chi connectivity index (χ0n) is 17.4. The number of nitrogens with one attached hydrogen (secondary N) is 2. The van der Waals surface area contributed by atoms with Crippen LogP contribution in [0.4, 0.5) is 10.1 Å². The number of likely N-dealkylation sites (N-methyl/N-ethyl adjacent to an activating group) is 1. The number of hydrogen-bond acceptors (Lipinski definition) is 6. The van der Waals surface area contributed by atoms with Crippen molar-refractivity contribution in [1.29, 1.82) is 0 Å². The van der Waals surface area contributed by atoms with Gasteiger partial charge in [-0.15, -0.1) is 11.3 Å². The van der Waals surface area contributed by atoms with E-state index in [9.17, 15) is 17.6 Å². The smallest absolute Gasteiger partial charge is 0.280 e. The first-order valence-electron chi connectivity index (χ1n) is 9.91. The van der Waals surface area contributed by atoms with E-state index in [2.05, 4.69) is 15.1 Å². The monoisotopic (exact) mass is 513 g/mol. The van der Waals surface area contributed by atoms with Crippen LogP contribution in [-0.2, 0) is 21.5 Å². The second kappa shape index (κ2) is 9.49. The van der Waals surface area contributed by atoms with Gasteiger partial charge in [0.2, 0.25) is 5.91 Å². The van der Waals surface area contributed by atoms with E-state index in [0.717, 1.165) is 26.4 Å². The van der Waals surface area contributed by atoms with Crippen molar-refractivity contribution >= 4 is 44.7 Å². The van der Waals surface area contributed by atoms with E-state index >= 15 is 0 Å². The van der Waals surface area contributed by atoms with Crippen molar-refractivity contribution in [1.82, 2.24) is 18.8 Å². The lowest BCUT2D eigenvalue weighted by atomic mass is 10.0. The largest absolute Gasteiger partial charge is 0.394 e. The maximum absolute atomic E-state index is 13.4. The van der Waals surface area contributed by atoms with Gasteiger partial charge in [0.1, 0.15) is 11.9 Å². The van der Waals surface area contributed by atoms with Crippen LogP contribution in [0, 0.1) is 5.82 Å².